The number of nitro benzene ring substituents is 1. The zero-order valence-corrected chi connectivity index (χ0v) is 9.54. The Hall–Kier alpha value is -1.44. The number of benzene rings is 1. The average molecular weight is 319 g/mol. The van der Waals surface area contributed by atoms with Crippen LogP contribution in [0.4, 0.5) is 5.69 Å². The lowest BCUT2D eigenvalue weighted by Crippen LogP contribution is -1.93. The maximum absolute atomic E-state index is 10.6. The number of carboxylic acid groups (broad SMARTS) is 1. The second-order valence-electron chi connectivity index (χ2n) is 2.63. The van der Waals surface area contributed by atoms with E-state index in [1.807, 2.05) is 22.6 Å². The van der Waals surface area contributed by atoms with Gasteiger partial charge in [0.25, 0.3) is 5.69 Å². The van der Waals surface area contributed by atoms with Crippen molar-refractivity contribution in [2.75, 3.05) is 0 Å². The van der Waals surface area contributed by atoms with E-state index in [9.17, 15) is 14.9 Å². The number of hydrogen-bond donors (Lipinski definition) is 1. The molecular formula is C9H6INO4. The smallest absolute Gasteiger partial charge is 0.328 e. The quantitative estimate of drug-likeness (QED) is 0.401. The molecule has 0 amide bonds. The molecule has 0 unspecified atom stereocenters. The van der Waals surface area contributed by atoms with Gasteiger partial charge in [-0.2, -0.15) is 0 Å². The van der Waals surface area contributed by atoms with Crippen molar-refractivity contribution in [3.8, 4) is 0 Å². The van der Waals surface area contributed by atoms with Gasteiger partial charge >= 0.3 is 5.97 Å². The average Bonchev–Trinajstić information content (AvgIpc) is 2.14. The van der Waals surface area contributed by atoms with Crippen molar-refractivity contribution < 1.29 is 14.8 Å². The van der Waals surface area contributed by atoms with E-state index in [1.165, 1.54) is 12.1 Å². The summed E-state index contributed by atoms with van der Waals surface area (Å²) in [6, 6.07) is 4.50. The first-order valence-electron chi connectivity index (χ1n) is 3.85. The fourth-order valence-electron chi connectivity index (χ4n) is 0.986. The first-order valence-corrected chi connectivity index (χ1v) is 4.93. The number of nitrogens with zero attached hydrogens (tertiary/aromatic N) is 1. The van der Waals surface area contributed by atoms with Gasteiger partial charge in [0.1, 0.15) is 0 Å². The molecule has 0 saturated heterocycles. The van der Waals surface area contributed by atoms with E-state index in [0.29, 0.717) is 0 Å². The summed E-state index contributed by atoms with van der Waals surface area (Å²) in [5.74, 6) is -1.14. The zero-order chi connectivity index (χ0) is 11.4. The lowest BCUT2D eigenvalue weighted by atomic mass is 10.1. The molecule has 0 heterocycles. The number of aliphatic carboxylic acids is 1. The number of halogens is 1. The molecule has 0 aromatic heterocycles. The van der Waals surface area contributed by atoms with Gasteiger partial charge in [-0.25, -0.2) is 4.79 Å². The van der Waals surface area contributed by atoms with E-state index in [2.05, 4.69) is 0 Å². The Balaban J connectivity index is 3.18. The largest absolute Gasteiger partial charge is 0.478 e. The van der Waals surface area contributed by atoms with Gasteiger partial charge in [0.15, 0.2) is 0 Å². The second-order valence-corrected chi connectivity index (χ2v) is 3.88. The van der Waals surface area contributed by atoms with Gasteiger partial charge in [-0.15, -0.1) is 0 Å². The van der Waals surface area contributed by atoms with Crippen LogP contribution in [0.5, 0.6) is 0 Å². The molecule has 0 fully saturated rings. The lowest BCUT2D eigenvalue weighted by molar-refractivity contribution is -0.385. The Morgan fingerprint density at radius 3 is 2.73 bits per heavy atom. The third kappa shape index (κ3) is 3.31. The highest BCUT2D eigenvalue weighted by atomic mass is 127. The Morgan fingerprint density at radius 1 is 1.53 bits per heavy atom. The van der Waals surface area contributed by atoms with Crippen LogP contribution in [0, 0.1) is 13.7 Å². The predicted octanol–water partition coefficient (Wildman–Crippen LogP) is 2.30. The lowest BCUT2D eigenvalue weighted by Gasteiger charge is -1.97. The van der Waals surface area contributed by atoms with Crippen LogP contribution in [-0.2, 0) is 4.79 Å². The summed E-state index contributed by atoms with van der Waals surface area (Å²) in [6.45, 7) is 0. The molecule has 78 valence electrons. The first kappa shape index (κ1) is 11.6. The molecule has 1 aromatic rings. The summed E-state index contributed by atoms with van der Waals surface area (Å²) < 4.78 is 0.809. The van der Waals surface area contributed by atoms with Crippen molar-refractivity contribution >= 4 is 40.3 Å². The Labute approximate surface area is 98.7 Å². The highest BCUT2D eigenvalue weighted by Gasteiger charge is 2.11. The molecule has 0 aliphatic rings. The molecule has 6 heteroatoms. The molecule has 1 rings (SSSR count). The van der Waals surface area contributed by atoms with Crippen molar-refractivity contribution in [2.45, 2.75) is 0 Å². The number of carboxylic acids is 1. The SMILES string of the molecule is O=C(O)/C=C/c1cc(I)ccc1[N+](=O)[O-]. The van der Waals surface area contributed by atoms with Crippen LogP contribution >= 0.6 is 22.6 Å². The molecule has 0 radical (unpaired) electrons. The van der Waals surface area contributed by atoms with E-state index < -0.39 is 10.9 Å². The molecular weight excluding hydrogens is 313 g/mol. The van der Waals surface area contributed by atoms with Gasteiger partial charge in [0.05, 0.1) is 10.5 Å². The standard InChI is InChI=1S/C9H6INO4/c10-7-2-3-8(11(14)15)6(5-7)1-4-9(12)13/h1-5H,(H,12,13)/b4-1+. The molecule has 15 heavy (non-hydrogen) atoms. The minimum Gasteiger partial charge on any atom is -0.478 e. The van der Waals surface area contributed by atoms with E-state index in [1.54, 1.807) is 12.1 Å². The van der Waals surface area contributed by atoms with Gasteiger partial charge in [-0.3, -0.25) is 10.1 Å². The third-order valence-corrected chi connectivity index (χ3v) is 2.26. The first-order chi connectivity index (χ1) is 7.00. The third-order valence-electron chi connectivity index (χ3n) is 1.59. The summed E-state index contributed by atoms with van der Waals surface area (Å²) in [4.78, 5) is 20.3. The molecule has 1 aromatic carbocycles. The fourth-order valence-corrected chi connectivity index (χ4v) is 1.50. The fraction of sp³-hybridized carbons (Fsp3) is 0. The maximum atomic E-state index is 10.6. The summed E-state index contributed by atoms with van der Waals surface area (Å²) in [7, 11) is 0. The van der Waals surface area contributed by atoms with Crippen LogP contribution < -0.4 is 0 Å². The second kappa shape index (κ2) is 4.87. The Morgan fingerprint density at radius 2 is 2.20 bits per heavy atom. The van der Waals surface area contributed by atoms with E-state index >= 15 is 0 Å². The van der Waals surface area contributed by atoms with Crippen molar-refractivity contribution in [3.05, 3.63) is 43.5 Å². The number of rotatable bonds is 3. The molecule has 0 spiro atoms. The molecule has 0 atom stereocenters. The van der Waals surface area contributed by atoms with Gasteiger partial charge in [0.2, 0.25) is 0 Å². The number of nitro groups is 1. The Kier molecular flexibility index (Phi) is 3.78. The molecule has 0 aliphatic heterocycles. The summed E-state index contributed by atoms with van der Waals surface area (Å²) >= 11 is 2.00. The van der Waals surface area contributed by atoms with Crippen LogP contribution in [-0.4, -0.2) is 16.0 Å². The van der Waals surface area contributed by atoms with E-state index in [4.69, 9.17) is 5.11 Å². The molecule has 0 aliphatic carbocycles. The van der Waals surface area contributed by atoms with Crippen molar-refractivity contribution in [2.24, 2.45) is 0 Å². The highest BCUT2D eigenvalue weighted by Crippen LogP contribution is 2.22. The molecule has 5 nitrogen and oxygen atoms in total. The van der Waals surface area contributed by atoms with Crippen molar-refractivity contribution in [1.29, 1.82) is 0 Å². The monoisotopic (exact) mass is 319 g/mol. The number of carbonyl (C=O) groups is 1. The van der Waals surface area contributed by atoms with Crippen LogP contribution in [0.3, 0.4) is 0 Å². The zero-order valence-electron chi connectivity index (χ0n) is 7.38. The van der Waals surface area contributed by atoms with Crippen molar-refractivity contribution in [1.82, 2.24) is 0 Å². The molecule has 0 saturated carbocycles. The Bertz CT molecular complexity index is 442. The minimum atomic E-state index is -1.14. The van der Waals surface area contributed by atoms with Gasteiger partial charge < -0.3 is 5.11 Å². The van der Waals surface area contributed by atoms with Crippen LogP contribution in [0.25, 0.3) is 6.08 Å². The van der Waals surface area contributed by atoms with Gasteiger partial charge in [-0.1, -0.05) is 0 Å². The van der Waals surface area contributed by atoms with Gasteiger partial charge in [-0.05, 0) is 40.8 Å². The molecule has 0 bridgehead atoms. The summed E-state index contributed by atoms with van der Waals surface area (Å²) in [5, 5.41) is 19.0. The van der Waals surface area contributed by atoms with E-state index in [0.717, 1.165) is 9.65 Å². The maximum Gasteiger partial charge on any atom is 0.328 e. The minimum absolute atomic E-state index is 0.104. The predicted molar refractivity (Wildman–Crippen MR) is 62.5 cm³/mol. The van der Waals surface area contributed by atoms with Crippen LogP contribution in [0.1, 0.15) is 5.56 Å². The van der Waals surface area contributed by atoms with E-state index in [-0.39, 0.29) is 11.3 Å². The molecule has 1 N–H and O–H groups in total. The van der Waals surface area contributed by atoms with Crippen molar-refractivity contribution in [3.63, 3.8) is 0 Å². The van der Waals surface area contributed by atoms with Crippen LogP contribution in [0.15, 0.2) is 24.3 Å². The summed E-state index contributed by atoms with van der Waals surface area (Å²) in [6.07, 6.45) is 2.08. The van der Waals surface area contributed by atoms with Crippen LogP contribution in [0.2, 0.25) is 0 Å². The number of hydrogen-bond acceptors (Lipinski definition) is 3. The normalized spacial score (nSPS) is 10.5. The highest BCUT2D eigenvalue weighted by molar-refractivity contribution is 14.1. The summed E-state index contributed by atoms with van der Waals surface area (Å²) in [5.41, 5.74) is 0.183. The van der Waals surface area contributed by atoms with Gasteiger partial charge in [0, 0.05) is 15.7 Å². The topological polar surface area (TPSA) is 80.4 Å².